The molecule has 0 N–H and O–H groups in total. The maximum atomic E-state index is 13.0. The lowest BCUT2D eigenvalue weighted by Crippen LogP contribution is -2.39. The van der Waals surface area contributed by atoms with E-state index in [1.807, 2.05) is 29.2 Å². The van der Waals surface area contributed by atoms with Gasteiger partial charge in [-0.05, 0) is 38.3 Å². The normalized spacial score (nSPS) is 22.0. The number of pyridine rings is 1. The Labute approximate surface area is 129 Å². The fourth-order valence-corrected chi connectivity index (χ4v) is 3.50. The summed E-state index contributed by atoms with van der Waals surface area (Å²) in [7, 11) is 0. The molecule has 0 radical (unpaired) electrons. The van der Waals surface area contributed by atoms with Gasteiger partial charge in [0, 0.05) is 17.5 Å². The summed E-state index contributed by atoms with van der Waals surface area (Å²) in [5, 5.41) is 1.25. The van der Waals surface area contributed by atoms with E-state index in [9.17, 15) is 4.79 Å². The molecular weight excluding hydrogens is 284 g/mol. The molecule has 2 heterocycles. The maximum absolute atomic E-state index is 13.0. The first-order valence-electron chi connectivity index (χ1n) is 7.49. The Hall–Kier alpha value is -1.61. The van der Waals surface area contributed by atoms with Gasteiger partial charge in [-0.3, -0.25) is 4.79 Å². The first-order chi connectivity index (χ1) is 10.1. The average molecular weight is 303 g/mol. The molecule has 21 heavy (non-hydrogen) atoms. The summed E-state index contributed by atoms with van der Waals surface area (Å²) >= 11 is 6.10. The van der Waals surface area contributed by atoms with E-state index in [-0.39, 0.29) is 11.9 Å². The van der Waals surface area contributed by atoms with E-state index < -0.39 is 0 Å². The summed E-state index contributed by atoms with van der Waals surface area (Å²) in [6.45, 7) is 4.26. The van der Waals surface area contributed by atoms with Crippen molar-refractivity contribution in [2.45, 2.75) is 45.2 Å². The van der Waals surface area contributed by atoms with Crippen LogP contribution in [0.2, 0.25) is 5.15 Å². The van der Waals surface area contributed by atoms with Crippen molar-refractivity contribution in [1.29, 1.82) is 0 Å². The van der Waals surface area contributed by atoms with Crippen LogP contribution < -0.4 is 0 Å². The quantitative estimate of drug-likeness (QED) is 0.775. The van der Waals surface area contributed by atoms with Crippen LogP contribution in [0, 0.1) is 0 Å². The molecule has 3 rings (SSSR count). The largest absolute Gasteiger partial charge is 0.333 e. The van der Waals surface area contributed by atoms with Crippen LogP contribution in [0.4, 0.5) is 0 Å². The van der Waals surface area contributed by atoms with Gasteiger partial charge in [-0.25, -0.2) is 4.98 Å². The molecule has 1 amide bonds. The lowest BCUT2D eigenvalue weighted by atomic mass is 10.1. The van der Waals surface area contributed by atoms with Gasteiger partial charge in [0.1, 0.15) is 5.15 Å². The van der Waals surface area contributed by atoms with E-state index in [0.29, 0.717) is 16.8 Å². The molecule has 2 unspecified atom stereocenters. The molecule has 1 aliphatic heterocycles. The van der Waals surface area contributed by atoms with E-state index in [0.717, 1.165) is 30.2 Å². The molecule has 0 saturated carbocycles. The summed E-state index contributed by atoms with van der Waals surface area (Å²) in [5.74, 6) is 0.0763. The van der Waals surface area contributed by atoms with E-state index >= 15 is 0 Å². The molecule has 1 saturated heterocycles. The van der Waals surface area contributed by atoms with Crippen LogP contribution in [-0.2, 0) is 0 Å². The van der Waals surface area contributed by atoms with Crippen LogP contribution in [0.5, 0.6) is 0 Å². The van der Waals surface area contributed by atoms with Crippen LogP contribution in [0.25, 0.3) is 10.9 Å². The summed E-state index contributed by atoms with van der Waals surface area (Å²) < 4.78 is 0. The van der Waals surface area contributed by atoms with Crippen molar-refractivity contribution in [3.63, 3.8) is 0 Å². The predicted molar refractivity (Wildman–Crippen MR) is 85.7 cm³/mol. The van der Waals surface area contributed by atoms with Gasteiger partial charge in [0.15, 0.2) is 0 Å². The molecule has 2 aromatic rings. The van der Waals surface area contributed by atoms with Crippen LogP contribution in [0.3, 0.4) is 0 Å². The van der Waals surface area contributed by atoms with Crippen LogP contribution in [0.1, 0.15) is 43.5 Å². The Kier molecular flexibility index (Phi) is 3.85. The molecule has 0 bridgehead atoms. The maximum Gasteiger partial charge on any atom is 0.255 e. The summed E-state index contributed by atoms with van der Waals surface area (Å²) in [5.41, 5.74) is 1.44. The molecule has 3 nitrogen and oxygen atoms in total. The fourth-order valence-electron chi connectivity index (χ4n) is 3.30. The zero-order valence-corrected chi connectivity index (χ0v) is 13.1. The van der Waals surface area contributed by atoms with Crippen molar-refractivity contribution in [3.05, 3.63) is 41.0 Å². The molecule has 0 spiro atoms. The first kappa shape index (κ1) is 14.3. The smallest absolute Gasteiger partial charge is 0.255 e. The van der Waals surface area contributed by atoms with Gasteiger partial charge in [0.05, 0.1) is 11.1 Å². The van der Waals surface area contributed by atoms with Gasteiger partial charge < -0.3 is 4.90 Å². The third-order valence-electron chi connectivity index (χ3n) is 4.41. The molecule has 0 aliphatic carbocycles. The Morgan fingerprint density at radius 1 is 1.38 bits per heavy atom. The predicted octanol–water partition coefficient (Wildman–Crippen LogP) is 4.29. The third-order valence-corrected chi connectivity index (χ3v) is 4.60. The van der Waals surface area contributed by atoms with E-state index in [1.54, 1.807) is 6.07 Å². The van der Waals surface area contributed by atoms with Crippen LogP contribution in [0.15, 0.2) is 30.3 Å². The van der Waals surface area contributed by atoms with Crippen molar-refractivity contribution in [2.24, 2.45) is 0 Å². The molecule has 1 fully saturated rings. The minimum absolute atomic E-state index is 0.0763. The SMILES string of the molecule is CCC1CCC(C)N1C(=O)c1cc(Cl)nc2ccccc12. The number of rotatable bonds is 2. The summed E-state index contributed by atoms with van der Waals surface area (Å²) in [6.07, 6.45) is 3.15. The van der Waals surface area contributed by atoms with Crippen molar-refractivity contribution in [2.75, 3.05) is 0 Å². The molecule has 110 valence electrons. The minimum Gasteiger partial charge on any atom is -0.333 e. The van der Waals surface area contributed by atoms with Gasteiger partial charge in [-0.2, -0.15) is 0 Å². The highest BCUT2D eigenvalue weighted by molar-refractivity contribution is 6.30. The number of likely N-dealkylation sites (tertiary alicyclic amines) is 1. The van der Waals surface area contributed by atoms with E-state index in [4.69, 9.17) is 11.6 Å². The lowest BCUT2D eigenvalue weighted by Gasteiger charge is -2.28. The first-order valence-corrected chi connectivity index (χ1v) is 7.87. The second-order valence-electron chi connectivity index (χ2n) is 5.71. The molecule has 2 atom stereocenters. The molecule has 1 aromatic heterocycles. The zero-order valence-electron chi connectivity index (χ0n) is 12.3. The molecular formula is C17H19ClN2O. The highest BCUT2D eigenvalue weighted by Crippen LogP contribution is 2.30. The monoisotopic (exact) mass is 302 g/mol. The number of carbonyl (C=O) groups is 1. The van der Waals surface area contributed by atoms with Crippen molar-refractivity contribution in [3.8, 4) is 0 Å². The second kappa shape index (κ2) is 5.64. The number of benzene rings is 1. The summed E-state index contributed by atoms with van der Waals surface area (Å²) in [4.78, 5) is 19.4. The Morgan fingerprint density at radius 3 is 2.90 bits per heavy atom. The van der Waals surface area contributed by atoms with Crippen molar-refractivity contribution in [1.82, 2.24) is 9.88 Å². The Balaban J connectivity index is 2.09. The highest BCUT2D eigenvalue weighted by Gasteiger charge is 2.34. The number of nitrogens with zero attached hydrogens (tertiary/aromatic N) is 2. The number of amides is 1. The molecule has 1 aliphatic rings. The number of halogens is 1. The summed E-state index contributed by atoms with van der Waals surface area (Å²) in [6, 6.07) is 9.98. The molecule has 4 heteroatoms. The second-order valence-corrected chi connectivity index (χ2v) is 6.10. The van der Waals surface area contributed by atoms with Gasteiger partial charge in [-0.15, -0.1) is 0 Å². The standard InChI is InChI=1S/C17H19ClN2O/c1-3-12-9-8-11(2)20(12)17(21)14-10-16(18)19-15-7-5-4-6-13(14)15/h4-7,10-12H,3,8-9H2,1-2H3. The minimum atomic E-state index is 0.0763. The number of fused-ring (bicyclic) bond motifs is 1. The number of carbonyl (C=O) groups excluding carboxylic acids is 1. The lowest BCUT2D eigenvalue weighted by molar-refractivity contribution is 0.0678. The molecule has 1 aromatic carbocycles. The zero-order chi connectivity index (χ0) is 15.0. The number of para-hydroxylation sites is 1. The van der Waals surface area contributed by atoms with E-state index in [2.05, 4.69) is 18.8 Å². The third kappa shape index (κ3) is 2.51. The topological polar surface area (TPSA) is 33.2 Å². The van der Waals surface area contributed by atoms with Gasteiger partial charge >= 0.3 is 0 Å². The van der Waals surface area contributed by atoms with Gasteiger partial charge in [0.25, 0.3) is 5.91 Å². The van der Waals surface area contributed by atoms with Gasteiger partial charge in [0.2, 0.25) is 0 Å². The van der Waals surface area contributed by atoms with Crippen LogP contribution in [-0.4, -0.2) is 27.9 Å². The van der Waals surface area contributed by atoms with Crippen LogP contribution >= 0.6 is 11.6 Å². The Morgan fingerprint density at radius 2 is 2.14 bits per heavy atom. The van der Waals surface area contributed by atoms with Crippen molar-refractivity contribution < 1.29 is 4.79 Å². The van der Waals surface area contributed by atoms with Crippen molar-refractivity contribution >= 4 is 28.4 Å². The number of hydrogen-bond acceptors (Lipinski definition) is 2. The fraction of sp³-hybridized carbons (Fsp3) is 0.412. The van der Waals surface area contributed by atoms with E-state index in [1.165, 1.54) is 0 Å². The van der Waals surface area contributed by atoms with Gasteiger partial charge in [-0.1, -0.05) is 36.7 Å². The number of hydrogen-bond donors (Lipinski definition) is 0. The average Bonchev–Trinajstić information content (AvgIpc) is 2.86. The number of aromatic nitrogens is 1. The Bertz CT molecular complexity index is 686. The highest BCUT2D eigenvalue weighted by atomic mass is 35.5.